The van der Waals surface area contributed by atoms with Crippen LogP contribution in [0.3, 0.4) is 0 Å². The Hall–Kier alpha value is -2.95. The summed E-state index contributed by atoms with van der Waals surface area (Å²) in [4.78, 5) is 15.4. The molecule has 2 heterocycles. The minimum absolute atomic E-state index is 0.0650. The quantitative estimate of drug-likeness (QED) is 0.645. The third kappa shape index (κ3) is 3.37. The smallest absolute Gasteiger partial charge is 0.260 e. The van der Waals surface area contributed by atoms with Crippen LogP contribution in [0.2, 0.25) is 0 Å². The molecule has 4 nitrogen and oxygen atoms in total. The number of hydrogen-bond donors (Lipinski definition) is 0. The summed E-state index contributed by atoms with van der Waals surface area (Å²) in [5.74, 6) is 0.164. The average Bonchev–Trinajstić information content (AvgIpc) is 3.10. The molecule has 2 aromatic carbocycles. The summed E-state index contributed by atoms with van der Waals surface area (Å²) in [6.45, 7) is 2.43. The zero-order chi connectivity index (χ0) is 18.8. The van der Waals surface area contributed by atoms with Crippen LogP contribution in [0.25, 0.3) is 11.3 Å². The van der Waals surface area contributed by atoms with Crippen molar-refractivity contribution >= 4 is 5.91 Å². The van der Waals surface area contributed by atoms with Gasteiger partial charge in [0.1, 0.15) is 22.8 Å². The molecule has 1 fully saturated rings. The molecule has 0 N–H and O–H groups in total. The normalized spacial score (nSPS) is 17.1. The molecule has 27 heavy (non-hydrogen) atoms. The summed E-state index contributed by atoms with van der Waals surface area (Å²) < 4.78 is 18.7. The van der Waals surface area contributed by atoms with Crippen molar-refractivity contribution in [3.8, 4) is 11.3 Å². The summed E-state index contributed by atoms with van der Waals surface area (Å²) in [7, 11) is 0. The first-order valence-corrected chi connectivity index (χ1v) is 9.23. The summed E-state index contributed by atoms with van der Waals surface area (Å²) >= 11 is 0. The number of carbonyl (C=O) groups excluding carboxylic acids is 1. The van der Waals surface area contributed by atoms with Crippen LogP contribution >= 0.6 is 0 Å². The Morgan fingerprint density at radius 2 is 1.85 bits per heavy atom. The SMILES string of the molecule is Cc1onc(-c2ccccc2)c1C(=O)N1CCCC[C@@H]1c1ccc(F)cc1. The second-order valence-electron chi connectivity index (χ2n) is 6.89. The minimum Gasteiger partial charge on any atom is -0.360 e. The number of piperidine rings is 1. The number of likely N-dealkylation sites (tertiary alicyclic amines) is 1. The van der Waals surface area contributed by atoms with Gasteiger partial charge < -0.3 is 9.42 Å². The van der Waals surface area contributed by atoms with Crippen molar-refractivity contribution in [1.82, 2.24) is 10.1 Å². The molecule has 1 atom stereocenters. The Bertz CT molecular complexity index is 935. The van der Waals surface area contributed by atoms with Gasteiger partial charge in [0.25, 0.3) is 5.91 Å². The number of benzene rings is 2. The van der Waals surface area contributed by atoms with Gasteiger partial charge in [0.15, 0.2) is 0 Å². The van der Waals surface area contributed by atoms with Gasteiger partial charge >= 0.3 is 0 Å². The van der Waals surface area contributed by atoms with Gasteiger partial charge in [0, 0.05) is 12.1 Å². The van der Waals surface area contributed by atoms with Crippen LogP contribution in [0, 0.1) is 12.7 Å². The topological polar surface area (TPSA) is 46.3 Å². The molecule has 5 heteroatoms. The number of halogens is 1. The van der Waals surface area contributed by atoms with Gasteiger partial charge in [-0.25, -0.2) is 4.39 Å². The third-order valence-corrected chi connectivity index (χ3v) is 5.14. The lowest BCUT2D eigenvalue weighted by Crippen LogP contribution is -2.38. The summed E-state index contributed by atoms with van der Waals surface area (Å²) in [5, 5.41) is 4.14. The largest absolute Gasteiger partial charge is 0.360 e. The van der Waals surface area contributed by atoms with E-state index in [4.69, 9.17) is 4.52 Å². The fourth-order valence-electron chi connectivity index (χ4n) is 3.77. The van der Waals surface area contributed by atoms with E-state index in [2.05, 4.69) is 5.16 Å². The fourth-order valence-corrected chi connectivity index (χ4v) is 3.77. The molecule has 0 saturated carbocycles. The molecule has 0 radical (unpaired) electrons. The Labute approximate surface area is 157 Å². The van der Waals surface area contributed by atoms with Gasteiger partial charge in [-0.05, 0) is 43.9 Å². The lowest BCUT2D eigenvalue weighted by molar-refractivity contribution is 0.0610. The van der Waals surface area contributed by atoms with Gasteiger partial charge in [-0.15, -0.1) is 0 Å². The molecule has 0 bridgehead atoms. The van der Waals surface area contributed by atoms with Crippen molar-refractivity contribution in [2.45, 2.75) is 32.2 Å². The van der Waals surface area contributed by atoms with E-state index in [0.29, 0.717) is 23.6 Å². The van der Waals surface area contributed by atoms with Gasteiger partial charge in [0.2, 0.25) is 0 Å². The van der Waals surface area contributed by atoms with E-state index < -0.39 is 0 Å². The van der Waals surface area contributed by atoms with Crippen LogP contribution in [-0.2, 0) is 0 Å². The van der Waals surface area contributed by atoms with Crippen molar-refractivity contribution in [1.29, 1.82) is 0 Å². The third-order valence-electron chi connectivity index (χ3n) is 5.14. The van der Waals surface area contributed by atoms with Gasteiger partial charge in [0.05, 0.1) is 6.04 Å². The zero-order valence-electron chi connectivity index (χ0n) is 15.2. The highest BCUT2D eigenvalue weighted by Gasteiger charge is 2.32. The molecule has 0 spiro atoms. The standard InChI is InChI=1S/C22H21FN2O2/c1-15-20(21(24-27-15)17-7-3-2-4-8-17)22(26)25-14-6-5-9-19(25)16-10-12-18(23)13-11-16/h2-4,7-8,10-13,19H,5-6,9,14H2,1H3/t19-/m1/s1. The predicted molar refractivity (Wildman–Crippen MR) is 101 cm³/mol. The summed E-state index contributed by atoms with van der Waals surface area (Å²) in [6.07, 6.45) is 2.86. The molecular formula is C22H21FN2O2. The maximum absolute atomic E-state index is 13.5. The van der Waals surface area contributed by atoms with Crippen molar-refractivity contribution in [3.63, 3.8) is 0 Å². The van der Waals surface area contributed by atoms with Gasteiger partial charge in [-0.3, -0.25) is 4.79 Å². The number of nitrogens with zero attached hydrogens (tertiary/aromatic N) is 2. The van der Waals surface area contributed by atoms with E-state index in [0.717, 1.165) is 30.4 Å². The summed E-state index contributed by atoms with van der Waals surface area (Å²) in [5.41, 5.74) is 2.89. The lowest BCUT2D eigenvalue weighted by atomic mass is 9.93. The fraction of sp³-hybridized carbons (Fsp3) is 0.273. The molecule has 0 aliphatic carbocycles. The monoisotopic (exact) mass is 364 g/mol. The van der Waals surface area contributed by atoms with Crippen LogP contribution in [0.5, 0.6) is 0 Å². The minimum atomic E-state index is -0.270. The number of carbonyl (C=O) groups is 1. The Kier molecular flexibility index (Phi) is 4.75. The number of aryl methyl sites for hydroxylation is 1. The number of aromatic nitrogens is 1. The highest BCUT2D eigenvalue weighted by atomic mass is 19.1. The number of hydrogen-bond acceptors (Lipinski definition) is 3. The highest BCUT2D eigenvalue weighted by molar-refractivity contribution is 6.01. The molecule has 3 aromatic rings. The molecule has 1 amide bonds. The molecular weight excluding hydrogens is 343 g/mol. The highest BCUT2D eigenvalue weighted by Crippen LogP contribution is 2.35. The molecule has 1 saturated heterocycles. The maximum atomic E-state index is 13.5. The van der Waals surface area contributed by atoms with E-state index in [1.807, 2.05) is 35.2 Å². The van der Waals surface area contributed by atoms with Crippen LogP contribution in [-0.4, -0.2) is 22.5 Å². The van der Waals surface area contributed by atoms with Crippen LogP contribution in [0.4, 0.5) is 4.39 Å². The van der Waals surface area contributed by atoms with Crippen LogP contribution in [0.1, 0.15) is 47.0 Å². The first kappa shape index (κ1) is 17.5. The first-order chi connectivity index (χ1) is 13.1. The number of amides is 1. The zero-order valence-corrected chi connectivity index (χ0v) is 15.2. The van der Waals surface area contributed by atoms with Crippen LogP contribution < -0.4 is 0 Å². The van der Waals surface area contributed by atoms with E-state index in [9.17, 15) is 9.18 Å². The van der Waals surface area contributed by atoms with Crippen LogP contribution in [0.15, 0.2) is 59.1 Å². The molecule has 138 valence electrons. The van der Waals surface area contributed by atoms with Crippen molar-refractivity contribution in [2.24, 2.45) is 0 Å². The molecule has 1 aliphatic heterocycles. The Morgan fingerprint density at radius 1 is 1.11 bits per heavy atom. The van der Waals surface area contributed by atoms with Crippen molar-refractivity contribution in [2.75, 3.05) is 6.54 Å². The van der Waals surface area contributed by atoms with Gasteiger partial charge in [-0.1, -0.05) is 47.6 Å². The molecule has 1 aliphatic rings. The van der Waals surface area contributed by atoms with E-state index in [-0.39, 0.29) is 17.8 Å². The van der Waals surface area contributed by atoms with E-state index in [1.165, 1.54) is 12.1 Å². The second kappa shape index (κ2) is 7.35. The maximum Gasteiger partial charge on any atom is 0.260 e. The second-order valence-corrected chi connectivity index (χ2v) is 6.89. The van der Waals surface area contributed by atoms with Crippen molar-refractivity contribution < 1.29 is 13.7 Å². The lowest BCUT2D eigenvalue weighted by Gasteiger charge is -2.36. The van der Waals surface area contributed by atoms with Gasteiger partial charge in [-0.2, -0.15) is 0 Å². The summed E-state index contributed by atoms with van der Waals surface area (Å²) in [6, 6.07) is 16.0. The molecule has 1 aromatic heterocycles. The number of rotatable bonds is 3. The molecule has 0 unspecified atom stereocenters. The Balaban J connectivity index is 1.71. The average molecular weight is 364 g/mol. The first-order valence-electron chi connectivity index (χ1n) is 9.23. The van der Waals surface area contributed by atoms with E-state index >= 15 is 0 Å². The van der Waals surface area contributed by atoms with E-state index in [1.54, 1.807) is 19.1 Å². The molecule has 4 rings (SSSR count). The Morgan fingerprint density at radius 3 is 2.59 bits per heavy atom. The van der Waals surface area contributed by atoms with Crippen molar-refractivity contribution in [3.05, 3.63) is 77.3 Å². The predicted octanol–water partition coefficient (Wildman–Crippen LogP) is 5.16.